The second-order valence-electron chi connectivity index (χ2n) is 7.59. The van der Waals surface area contributed by atoms with Crippen LogP contribution < -0.4 is 10.2 Å². The topological polar surface area (TPSA) is 102 Å². The van der Waals surface area contributed by atoms with E-state index < -0.39 is 0 Å². The van der Waals surface area contributed by atoms with Crippen molar-refractivity contribution in [3.8, 4) is 5.75 Å². The lowest BCUT2D eigenvalue weighted by molar-refractivity contribution is 0.0663. The summed E-state index contributed by atoms with van der Waals surface area (Å²) in [6.07, 6.45) is 5.18. The van der Waals surface area contributed by atoms with Crippen molar-refractivity contribution >= 4 is 17.9 Å². The molecule has 9 heteroatoms. The number of urea groups is 1. The molecular formula is C21H26N6O3. The lowest BCUT2D eigenvalue weighted by Crippen LogP contribution is -2.55. The van der Waals surface area contributed by atoms with Gasteiger partial charge in [-0.15, -0.1) is 0 Å². The summed E-state index contributed by atoms with van der Waals surface area (Å²) in [5.74, 6) is 0.789. The number of piperidine rings is 1. The van der Waals surface area contributed by atoms with Crippen LogP contribution in [0.3, 0.4) is 0 Å². The maximum atomic E-state index is 12.6. The molecular weight excluding hydrogens is 384 g/mol. The number of anilines is 1. The van der Waals surface area contributed by atoms with E-state index in [9.17, 15) is 14.7 Å². The first-order valence-corrected chi connectivity index (χ1v) is 10.3. The molecule has 2 fully saturated rings. The van der Waals surface area contributed by atoms with Crippen molar-refractivity contribution in [2.45, 2.75) is 18.9 Å². The Hall–Kier alpha value is -3.36. The second kappa shape index (κ2) is 8.98. The molecule has 30 heavy (non-hydrogen) atoms. The van der Waals surface area contributed by atoms with Gasteiger partial charge in [0.1, 0.15) is 5.75 Å². The first kappa shape index (κ1) is 19.9. The van der Waals surface area contributed by atoms with E-state index in [1.807, 2.05) is 0 Å². The highest BCUT2D eigenvalue weighted by Gasteiger charge is 2.27. The molecule has 3 amide bonds. The van der Waals surface area contributed by atoms with E-state index in [2.05, 4.69) is 20.2 Å². The minimum absolute atomic E-state index is 0.0684. The highest BCUT2D eigenvalue weighted by molar-refractivity contribution is 5.94. The number of hydrogen-bond donors (Lipinski definition) is 2. The summed E-state index contributed by atoms with van der Waals surface area (Å²) in [7, 11) is 0. The number of rotatable bonds is 3. The summed E-state index contributed by atoms with van der Waals surface area (Å²) < 4.78 is 0. The van der Waals surface area contributed by atoms with Crippen molar-refractivity contribution in [2.75, 3.05) is 44.2 Å². The van der Waals surface area contributed by atoms with E-state index in [-0.39, 0.29) is 23.7 Å². The second-order valence-corrected chi connectivity index (χ2v) is 7.59. The predicted molar refractivity (Wildman–Crippen MR) is 111 cm³/mol. The average molecular weight is 410 g/mol. The fraction of sp³-hybridized carbons (Fsp3) is 0.429. The Kier molecular flexibility index (Phi) is 5.97. The van der Waals surface area contributed by atoms with Gasteiger partial charge in [-0.2, -0.15) is 0 Å². The summed E-state index contributed by atoms with van der Waals surface area (Å²) in [6, 6.07) is 8.11. The third-order valence-electron chi connectivity index (χ3n) is 5.63. The molecule has 0 spiro atoms. The van der Waals surface area contributed by atoms with Gasteiger partial charge in [0.25, 0.3) is 5.91 Å². The average Bonchev–Trinajstić information content (AvgIpc) is 2.80. The van der Waals surface area contributed by atoms with Crippen LogP contribution in [0, 0.1) is 0 Å². The van der Waals surface area contributed by atoms with E-state index in [1.165, 1.54) is 12.1 Å². The summed E-state index contributed by atoms with van der Waals surface area (Å²) in [5, 5.41) is 12.5. The lowest BCUT2D eigenvalue weighted by Gasteiger charge is -2.37. The van der Waals surface area contributed by atoms with E-state index >= 15 is 0 Å². The Balaban J connectivity index is 1.22. The van der Waals surface area contributed by atoms with Crippen LogP contribution in [0.15, 0.2) is 42.7 Å². The van der Waals surface area contributed by atoms with Crippen molar-refractivity contribution in [1.82, 2.24) is 25.1 Å². The van der Waals surface area contributed by atoms with Gasteiger partial charge in [0.15, 0.2) is 0 Å². The van der Waals surface area contributed by atoms with Crippen LogP contribution in [0.25, 0.3) is 0 Å². The number of phenols is 1. The number of hydrogen-bond acceptors (Lipinski definition) is 6. The lowest BCUT2D eigenvalue weighted by atomic mass is 10.1. The fourth-order valence-electron chi connectivity index (χ4n) is 3.84. The van der Waals surface area contributed by atoms with Crippen molar-refractivity contribution in [3.63, 3.8) is 0 Å². The van der Waals surface area contributed by atoms with E-state index in [1.54, 1.807) is 40.4 Å². The minimum atomic E-state index is -0.0782. The molecule has 158 valence electrons. The molecule has 2 N–H and O–H groups in total. The Morgan fingerprint density at radius 3 is 2.13 bits per heavy atom. The smallest absolute Gasteiger partial charge is 0.317 e. The summed E-state index contributed by atoms with van der Waals surface area (Å²) >= 11 is 0. The van der Waals surface area contributed by atoms with Crippen LogP contribution in [0.4, 0.5) is 10.7 Å². The van der Waals surface area contributed by atoms with Crippen molar-refractivity contribution in [2.24, 2.45) is 0 Å². The molecule has 3 heterocycles. The van der Waals surface area contributed by atoms with Crippen molar-refractivity contribution < 1.29 is 14.7 Å². The Morgan fingerprint density at radius 2 is 1.50 bits per heavy atom. The van der Waals surface area contributed by atoms with Gasteiger partial charge in [0.05, 0.1) is 0 Å². The Labute approximate surface area is 175 Å². The predicted octanol–water partition coefficient (Wildman–Crippen LogP) is 1.32. The number of aromatic hydroxyl groups is 1. The number of piperazine rings is 1. The maximum absolute atomic E-state index is 12.6. The number of amides is 3. The summed E-state index contributed by atoms with van der Waals surface area (Å²) in [4.78, 5) is 39.4. The monoisotopic (exact) mass is 410 g/mol. The van der Waals surface area contributed by atoms with Crippen LogP contribution in [-0.2, 0) is 0 Å². The molecule has 1 aromatic carbocycles. The van der Waals surface area contributed by atoms with Crippen LogP contribution in [0.5, 0.6) is 5.75 Å². The minimum Gasteiger partial charge on any atom is -0.508 e. The zero-order valence-electron chi connectivity index (χ0n) is 16.8. The van der Waals surface area contributed by atoms with Crippen LogP contribution in [0.2, 0.25) is 0 Å². The number of carbonyl (C=O) groups excluding carboxylic acids is 2. The van der Waals surface area contributed by atoms with Crippen molar-refractivity contribution in [3.05, 3.63) is 48.3 Å². The normalized spacial score (nSPS) is 17.7. The largest absolute Gasteiger partial charge is 0.508 e. The number of phenolic OH excluding ortho intramolecular Hbond substituents is 1. The molecule has 0 bridgehead atoms. The third-order valence-corrected chi connectivity index (χ3v) is 5.63. The molecule has 0 atom stereocenters. The van der Waals surface area contributed by atoms with Gasteiger partial charge in [-0.05, 0) is 43.2 Å². The molecule has 9 nitrogen and oxygen atoms in total. The zero-order valence-corrected chi connectivity index (χ0v) is 16.8. The van der Waals surface area contributed by atoms with Gasteiger partial charge in [-0.3, -0.25) is 4.79 Å². The van der Waals surface area contributed by atoms with Crippen LogP contribution in [0.1, 0.15) is 23.2 Å². The highest BCUT2D eigenvalue weighted by Crippen LogP contribution is 2.16. The van der Waals surface area contributed by atoms with Gasteiger partial charge in [0.2, 0.25) is 5.95 Å². The Morgan fingerprint density at radius 1 is 0.900 bits per heavy atom. The fourth-order valence-corrected chi connectivity index (χ4v) is 3.84. The first-order chi connectivity index (χ1) is 14.6. The molecule has 0 saturated carbocycles. The van der Waals surface area contributed by atoms with Crippen LogP contribution >= 0.6 is 0 Å². The molecule has 2 aliphatic heterocycles. The maximum Gasteiger partial charge on any atom is 0.317 e. The standard InChI is InChI=1S/C21H26N6O3/c28-18-4-2-16(3-5-18)19(29)25-12-14-27(15-13-25)21(30)24-17-6-10-26(11-7-17)20-22-8-1-9-23-20/h1-5,8-9,17,28H,6-7,10-15H2,(H,24,30). The van der Waals surface area contributed by atoms with E-state index in [4.69, 9.17) is 0 Å². The SMILES string of the molecule is O=C(NC1CCN(c2ncccn2)CC1)N1CCN(C(=O)c2ccc(O)cc2)CC1. The summed E-state index contributed by atoms with van der Waals surface area (Å²) in [6.45, 7) is 3.63. The van der Waals surface area contributed by atoms with Crippen LogP contribution in [-0.4, -0.2) is 82.1 Å². The molecule has 0 unspecified atom stereocenters. The number of aromatic nitrogens is 2. The van der Waals surface area contributed by atoms with E-state index in [0.29, 0.717) is 31.7 Å². The molecule has 2 saturated heterocycles. The molecule has 1 aromatic heterocycles. The van der Waals surface area contributed by atoms with Gasteiger partial charge in [-0.1, -0.05) is 0 Å². The highest BCUT2D eigenvalue weighted by atomic mass is 16.3. The molecule has 2 aliphatic rings. The Bertz CT molecular complexity index is 860. The first-order valence-electron chi connectivity index (χ1n) is 10.3. The molecule has 0 radical (unpaired) electrons. The number of benzene rings is 1. The van der Waals surface area contributed by atoms with Crippen molar-refractivity contribution in [1.29, 1.82) is 0 Å². The molecule has 2 aromatic rings. The number of nitrogens with one attached hydrogen (secondary N) is 1. The quantitative estimate of drug-likeness (QED) is 0.791. The third kappa shape index (κ3) is 4.61. The van der Waals surface area contributed by atoms with Gasteiger partial charge in [-0.25, -0.2) is 14.8 Å². The zero-order chi connectivity index (χ0) is 20.9. The molecule has 0 aliphatic carbocycles. The number of carbonyl (C=O) groups is 2. The number of nitrogens with zero attached hydrogens (tertiary/aromatic N) is 5. The molecule has 4 rings (SSSR count). The van der Waals surface area contributed by atoms with Gasteiger partial charge >= 0.3 is 6.03 Å². The summed E-state index contributed by atoms with van der Waals surface area (Å²) in [5.41, 5.74) is 0.542. The van der Waals surface area contributed by atoms with E-state index in [0.717, 1.165) is 31.9 Å². The van der Waals surface area contributed by atoms with Gasteiger partial charge in [0, 0.05) is 63.3 Å². The van der Waals surface area contributed by atoms with Gasteiger partial charge < -0.3 is 25.1 Å².